The first-order valence-corrected chi connectivity index (χ1v) is 6.22. The Morgan fingerprint density at radius 1 is 1.35 bits per heavy atom. The third-order valence-electron chi connectivity index (χ3n) is 3.60. The molecular formula is C14H20FNO. The van der Waals surface area contributed by atoms with E-state index in [0.717, 1.165) is 25.8 Å². The van der Waals surface area contributed by atoms with Gasteiger partial charge in [0, 0.05) is 11.6 Å². The van der Waals surface area contributed by atoms with E-state index in [4.69, 9.17) is 4.74 Å². The maximum absolute atomic E-state index is 15.0. The first-order chi connectivity index (χ1) is 8.16. The molecule has 1 fully saturated rings. The first kappa shape index (κ1) is 12.4. The summed E-state index contributed by atoms with van der Waals surface area (Å²) in [6.45, 7) is 2.55. The molecule has 0 spiro atoms. The van der Waals surface area contributed by atoms with E-state index in [1.807, 2.05) is 24.3 Å². The average Bonchev–Trinajstić information content (AvgIpc) is 2.39. The molecule has 1 N–H and O–H groups in total. The van der Waals surface area contributed by atoms with Gasteiger partial charge in [0.25, 0.3) is 0 Å². The highest BCUT2D eigenvalue weighted by Crippen LogP contribution is 2.38. The summed E-state index contributed by atoms with van der Waals surface area (Å²) < 4.78 is 20.3. The van der Waals surface area contributed by atoms with Crippen molar-refractivity contribution in [3.8, 4) is 5.75 Å². The summed E-state index contributed by atoms with van der Waals surface area (Å²) >= 11 is 0. The van der Waals surface area contributed by atoms with Gasteiger partial charge in [-0.2, -0.15) is 0 Å². The van der Waals surface area contributed by atoms with Crippen LogP contribution in [0.1, 0.15) is 31.7 Å². The number of piperidine rings is 1. The number of hydrogen-bond donors (Lipinski definition) is 1. The zero-order valence-electron chi connectivity index (χ0n) is 10.5. The maximum Gasteiger partial charge on any atom is 0.151 e. The molecule has 0 aromatic heterocycles. The maximum atomic E-state index is 15.0. The van der Waals surface area contributed by atoms with Crippen LogP contribution in [0.15, 0.2) is 24.3 Å². The van der Waals surface area contributed by atoms with Crippen LogP contribution in [0.2, 0.25) is 0 Å². The second-order valence-corrected chi connectivity index (χ2v) is 4.78. The highest BCUT2D eigenvalue weighted by molar-refractivity contribution is 5.38. The summed E-state index contributed by atoms with van der Waals surface area (Å²) in [5, 5.41) is 3.28. The Hall–Kier alpha value is -1.09. The normalized spacial score (nSPS) is 24.1. The molecule has 17 heavy (non-hydrogen) atoms. The monoisotopic (exact) mass is 237 g/mol. The fourth-order valence-corrected chi connectivity index (χ4v) is 2.55. The van der Waals surface area contributed by atoms with Gasteiger partial charge in [-0.3, -0.25) is 0 Å². The number of rotatable bonds is 3. The van der Waals surface area contributed by atoms with Crippen molar-refractivity contribution >= 4 is 0 Å². The van der Waals surface area contributed by atoms with Crippen LogP contribution in [0.4, 0.5) is 4.39 Å². The van der Waals surface area contributed by atoms with E-state index in [1.165, 1.54) is 0 Å². The summed E-state index contributed by atoms with van der Waals surface area (Å²) in [4.78, 5) is 0. The fraction of sp³-hybridized carbons (Fsp3) is 0.571. The van der Waals surface area contributed by atoms with Gasteiger partial charge in [-0.05, 0) is 32.4 Å². The van der Waals surface area contributed by atoms with Gasteiger partial charge in [-0.15, -0.1) is 0 Å². The van der Waals surface area contributed by atoms with Crippen molar-refractivity contribution in [2.24, 2.45) is 0 Å². The van der Waals surface area contributed by atoms with Gasteiger partial charge in [0.1, 0.15) is 5.75 Å². The molecule has 1 aromatic carbocycles. The lowest BCUT2D eigenvalue weighted by atomic mass is 9.85. The van der Waals surface area contributed by atoms with Crippen LogP contribution in [-0.4, -0.2) is 19.7 Å². The fourth-order valence-electron chi connectivity index (χ4n) is 2.55. The first-order valence-electron chi connectivity index (χ1n) is 6.22. The number of methoxy groups -OCH3 is 1. The Labute approximate surface area is 102 Å². The van der Waals surface area contributed by atoms with E-state index >= 15 is 4.39 Å². The highest BCUT2D eigenvalue weighted by Gasteiger charge is 2.38. The van der Waals surface area contributed by atoms with Crippen LogP contribution in [0.3, 0.4) is 0 Å². The van der Waals surface area contributed by atoms with Crippen molar-refractivity contribution in [1.29, 1.82) is 0 Å². The summed E-state index contributed by atoms with van der Waals surface area (Å²) in [6, 6.07) is 7.24. The van der Waals surface area contributed by atoms with Crippen LogP contribution in [0, 0.1) is 0 Å². The molecule has 0 amide bonds. The second kappa shape index (κ2) is 5.05. The third-order valence-corrected chi connectivity index (χ3v) is 3.60. The van der Waals surface area contributed by atoms with E-state index in [2.05, 4.69) is 5.32 Å². The largest absolute Gasteiger partial charge is 0.496 e. The smallest absolute Gasteiger partial charge is 0.151 e. The summed E-state index contributed by atoms with van der Waals surface area (Å²) in [6.07, 6.45) is 3.11. The van der Waals surface area contributed by atoms with Crippen LogP contribution >= 0.6 is 0 Å². The second-order valence-electron chi connectivity index (χ2n) is 4.78. The van der Waals surface area contributed by atoms with E-state index in [0.29, 0.717) is 11.3 Å². The molecule has 1 aromatic rings. The number of para-hydroxylation sites is 1. The Balaban J connectivity index is 2.29. The van der Waals surface area contributed by atoms with Gasteiger partial charge in [-0.25, -0.2) is 4.39 Å². The molecule has 1 saturated heterocycles. The molecule has 2 rings (SSSR count). The Bertz CT molecular complexity index is 372. The molecule has 0 aliphatic carbocycles. The Morgan fingerprint density at radius 2 is 2.12 bits per heavy atom. The van der Waals surface area contributed by atoms with Crippen LogP contribution in [0.25, 0.3) is 0 Å². The van der Waals surface area contributed by atoms with Crippen molar-refractivity contribution in [1.82, 2.24) is 5.32 Å². The number of halogens is 1. The molecule has 3 heteroatoms. The van der Waals surface area contributed by atoms with E-state index < -0.39 is 5.67 Å². The van der Waals surface area contributed by atoms with Crippen LogP contribution in [-0.2, 0) is 5.67 Å². The Morgan fingerprint density at radius 3 is 2.76 bits per heavy atom. The molecule has 1 aliphatic heterocycles. The zero-order chi connectivity index (χ0) is 12.3. The minimum Gasteiger partial charge on any atom is -0.496 e. The number of alkyl halides is 1. The van der Waals surface area contributed by atoms with Gasteiger partial charge >= 0.3 is 0 Å². The van der Waals surface area contributed by atoms with Crippen molar-refractivity contribution in [3.05, 3.63) is 29.8 Å². The SMILES string of the molecule is COc1ccccc1C(C)(F)C1CCCCN1. The van der Waals surface area contributed by atoms with Gasteiger partial charge in [0.15, 0.2) is 5.67 Å². The van der Waals surface area contributed by atoms with Crippen molar-refractivity contribution in [2.75, 3.05) is 13.7 Å². The number of nitrogens with one attached hydrogen (secondary N) is 1. The average molecular weight is 237 g/mol. The standard InChI is InChI=1S/C14H20FNO/c1-14(15,13-9-5-6-10-16-13)11-7-3-4-8-12(11)17-2/h3-4,7-8,13,16H,5-6,9-10H2,1-2H3. The van der Waals surface area contributed by atoms with Gasteiger partial charge < -0.3 is 10.1 Å². The molecule has 0 bridgehead atoms. The molecule has 1 heterocycles. The predicted molar refractivity (Wildman–Crippen MR) is 67.1 cm³/mol. The predicted octanol–water partition coefficient (Wildman–Crippen LogP) is 3.02. The van der Waals surface area contributed by atoms with E-state index in [-0.39, 0.29) is 6.04 Å². The van der Waals surface area contributed by atoms with E-state index in [9.17, 15) is 0 Å². The minimum atomic E-state index is -1.38. The van der Waals surface area contributed by atoms with Crippen LogP contribution in [0.5, 0.6) is 5.75 Å². The molecule has 0 radical (unpaired) electrons. The number of ether oxygens (including phenoxy) is 1. The molecule has 2 unspecified atom stereocenters. The number of hydrogen-bond acceptors (Lipinski definition) is 2. The zero-order valence-corrected chi connectivity index (χ0v) is 10.5. The lowest BCUT2D eigenvalue weighted by molar-refractivity contribution is 0.104. The van der Waals surface area contributed by atoms with Crippen molar-refractivity contribution < 1.29 is 9.13 Å². The summed E-state index contributed by atoms with van der Waals surface area (Å²) in [5.41, 5.74) is -0.741. The van der Waals surface area contributed by atoms with Crippen molar-refractivity contribution in [2.45, 2.75) is 37.9 Å². The van der Waals surface area contributed by atoms with E-state index in [1.54, 1.807) is 14.0 Å². The molecule has 2 atom stereocenters. The van der Waals surface area contributed by atoms with Gasteiger partial charge in [0.2, 0.25) is 0 Å². The lowest BCUT2D eigenvalue weighted by Gasteiger charge is -2.35. The molecule has 94 valence electrons. The molecule has 1 aliphatic rings. The molecule has 2 nitrogen and oxygen atoms in total. The summed E-state index contributed by atoms with van der Waals surface area (Å²) in [7, 11) is 1.59. The Kier molecular flexibility index (Phi) is 3.67. The highest BCUT2D eigenvalue weighted by atomic mass is 19.1. The van der Waals surface area contributed by atoms with Crippen LogP contribution < -0.4 is 10.1 Å². The quantitative estimate of drug-likeness (QED) is 0.872. The molecule has 0 saturated carbocycles. The van der Waals surface area contributed by atoms with Crippen molar-refractivity contribution in [3.63, 3.8) is 0 Å². The van der Waals surface area contributed by atoms with Gasteiger partial charge in [-0.1, -0.05) is 24.6 Å². The van der Waals surface area contributed by atoms with Gasteiger partial charge in [0.05, 0.1) is 7.11 Å². The minimum absolute atomic E-state index is 0.118. The third kappa shape index (κ3) is 2.44. The summed E-state index contributed by atoms with van der Waals surface area (Å²) in [5.74, 6) is 0.630. The molecular weight excluding hydrogens is 217 g/mol. The number of benzene rings is 1. The topological polar surface area (TPSA) is 21.3 Å². The lowest BCUT2D eigenvalue weighted by Crippen LogP contribution is -2.46.